The van der Waals surface area contributed by atoms with E-state index in [2.05, 4.69) is 36.1 Å². The van der Waals surface area contributed by atoms with Gasteiger partial charge in [0.15, 0.2) is 0 Å². The summed E-state index contributed by atoms with van der Waals surface area (Å²) < 4.78 is 0. The van der Waals surface area contributed by atoms with Crippen molar-refractivity contribution in [2.45, 2.75) is 46.1 Å². The first kappa shape index (κ1) is 12.2. The Morgan fingerprint density at radius 3 is 2.80 bits per heavy atom. The lowest BCUT2D eigenvalue weighted by Crippen LogP contribution is -2.33. The first-order valence-electron chi connectivity index (χ1n) is 5.94. The average molecular weight is 209 g/mol. The van der Waals surface area contributed by atoms with Gasteiger partial charge in [0.05, 0.1) is 0 Å². The molecular formula is C12H23N3. The van der Waals surface area contributed by atoms with Crippen LogP contribution in [0, 0.1) is 5.92 Å². The summed E-state index contributed by atoms with van der Waals surface area (Å²) in [6.45, 7) is 7.83. The van der Waals surface area contributed by atoms with Crippen LogP contribution in [0.3, 0.4) is 0 Å². The van der Waals surface area contributed by atoms with Gasteiger partial charge in [0, 0.05) is 24.9 Å². The molecule has 0 amide bonds. The largest absolute Gasteiger partial charge is 0.349 e. The van der Waals surface area contributed by atoms with Gasteiger partial charge in [0.1, 0.15) is 5.82 Å². The normalized spacial score (nSPS) is 13.3. The number of aromatic nitrogens is 2. The zero-order chi connectivity index (χ0) is 11.1. The van der Waals surface area contributed by atoms with Crippen molar-refractivity contribution in [1.29, 1.82) is 0 Å². The SMILES string of the molecule is CCCNC(Cc1ncc[nH]1)CC(C)C. The number of hydrogen-bond acceptors (Lipinski definition) is 2. The average Bonchev–Trinajstić information content (AvgIpc) is 2.66. The lowest BCUT2D eigenvalue weighted by atomic mass is 10.0. The van der Waals surface area contributed by atoms with Crippen molar-refractivity contribution >= 4 is 0 Å². The molecule has 0 radical (unpaired) electrons. The quantitative estimate of drug-likeness (QED) is 0.724. The minimum atomic E-state index is 0.552. The van der Waals surface area contributed by atoms with Crippen molar-refractivity contribution in [3.05, 3.63) is 18.2 Å². The standard InChI is InChI=1S/C12H23N3/c1-4-5-13-11(8-10(2)3)9-12-14-6-7-15-12/h6-7,10-11,13H,4-5,8-9H2,1-3H3,(H,14,15). The number of rotatable bonds is 7. The molecule has 0 spiro atoms. The predicted molar refractivity (Wildman–Crippen MR) is 63.8 cm³/mol. The highest BCUT2D eigenvalue weighted by Crippen LogP contribution is 2.08. The molecular weight excluding hydrogens is 186 g/mol. The van der Waals surface area contributed by atoms with Crippen molar-refractivity contribution in [2.24, 2.45) is 5.92 Å². The van der Waals surface area contributed by atoms with Gasteiger partial charge in [-0.25, -0.2) is 4.98 Å². The van der Waals surface area contributed by atoms with Crippen LogP contribution >= 0.6 is 0 Å². The molecule has 0 fully saturated rings. The second kappa shape index (κ2) is 6.62. The van der Waals surface area contributed by atoms with Crippen molar-refractivity contribution in [3.8, 4) is 0 Å². The van der Waals surface area contributed by atoms with Crippen molar-refractivity contribution in [1.82, 2.24) is 15.3 Å². The fourth-order valence-corrected chi connectivity index (χ4v) is 1.80. The molecule has 0 aliphatic carbocycles. The lowest BCUT2D eigenvalue weighted by Gasteiger charge is -2.19. The molecule has 0 aliphatic heterocycles. The maximum absolute atomic E-state index is 4.28. The zero-order valence-electron chi connectivity index (χ0n) is 10.1. The van der Waals surface area contributed by atoms with Crippen LogP contribution in [0.25, 0.3) is 0 Å². The Balaban J connectivity index is 2.41. The van der Waals surface area contributed by atoms with E-state index in [1.807, 2.05) is 12.4 Å². The Bertz CT molecular complexity index is 241. The van der Waals surface area contributed by atoms with Crippen LogP contribution in [0.1, 0.15) is 39.4 Å². The predicted octanol–water partition coefficient (Wildman–Crippen LogP) is 2.37. The highest BCUT2D eigenvalue weighted by Gasteiger charge is 2.11. The van der Waals surface area contributed by atoms with E-state index in [1.165, 1.54) is 12.8 Å². The van der Waals surface area contributed by atoms with Crippen LogP contribution in [0.4, 0.5) is 0 Å². The third kappa shape index (κ3) is 4.98. The van der Waals surface area contributed by atoms with Crippen LogP contribution in [0.15, 0.2) is 12.4 Å². The highest BCUT2D eigenvalue weighted by atomic mass is 14.9. The molecule has 3 nitrogen and oxygen atoms in total. The topological polar surface area (TPSA) is 40.7 Å². The monoisotopic (exact) mass is 209 g/mol. The third-order valence-electron chi connectivity index (χ3n) is 2.43. The summed E-state index contributed by atoms with van der Waals surface area (Å²) in [7, 11) is 0. The molecule has 0 aromatic carbocycles. The molecule has 3 heteroatoms. The molecule has 0 bridgehead atoms. The third-order valence-corrected chi connectivity index (χ3v) is 2.43. The van der Waals surface area contributed by atoms with Crippen LogP contribution in [0.5, 0.6) is 0 Å². The molecule has 1 aromatic rings. The second-order valence-corrected chi connectivity index (χ2v) is 4.52. The molecule has 1 atom stereocenters. The molecule has 0 saturated carbocycles. The van der Waals surface area contributed by atoms with E-state index in [0.29, 0.717) is 6.04 Å². The minimum absolute atomic E-state index is 0.552. The number of nitrogens with zero attached hydrogens (tertiary/aromatic N) is 1. The van der Waals surface area contributed by atoms with Crippen LogP contribution in [-0.4, -0.2) is 22.6 Å². The summed E-state index contributed by atoms with van der Waals surface area (Å²) >= 11 is 0. The maximum atomic E-state index is 4.28. The van der Waals surface area contributed by atoms with E-state index < -0.39 is 0 Å². The van der Waals surface area contributed by atoms with E-state index in [9.17, 15) is 0 Å². The summed E-state index contributed by atoms with van der Waals surface area (Å²) in [6, 6.07) is 0.552. The number of H-pyrrole nitrogens is 1. The number of nitrogens with one attached hydrogen (secondary N) is 2. The van der Waals surface area contributed by atoms with Gasteiger partial charge in [0.25, 0.3) is 0 Å². The van der Waals surface area contributed by atoms with E-state index >= 15 is 0 Å². The van der Waals surface area contributed by atoms with Gasteiger partial charge in [-0.3, -0.25) is 0 Å². The Morgan fingerprint density at radius 1 is 1.47 bits per heavy atom. The molecule has 15 heavy (non-hydrogen) atoms. The minimum Gasteiger partial charge on any atom is -0.349 e. The van der Waals surface area contributed by atoms with Gasteiger partial charge in [-0.15, -0.1) is 0 Å². The molecule has 0 aliphatic rings. The van der Waals surface area contributed by atoms with Crippen LogP contribution < -0.4 is 5.32 Å². The van der Waals surface area contributed by atoms with E-state index in [0.717, 1.165) is 24.7 Å². The molecule has 0 saturated heterocycles. The van der Waals surface area contributed by atoms with Gasteiger partial charge >= 0.3 is 0 Å². The first-order valence-corrected chi connectivity index (χ1v) is 5.94. The molecule has 1 heterocycles. The number of aromatic amines is 1. The number of imidazole rings is 1. The van der Waals surface area contributed by atoms with Gasteiger partial charge in [0.2, 0.25) is 0 Å². The van der Waals surface area contributed by atoms with Gasteiger partial charge in [-0.2, -0.15) is 0 Å². The highest BCUT2D eigenvalue weighted by molar-refractivity contribution is 4.91. The summed E-state index contributed by atoms with van der Waals surface area (Å²) in [4.78, 5) is 7.44. The molecule has 2 N–H and O–H groups in total. The van der Waals surface area contributed by atoms with Crippen LogP contribution in [0.2, 0.25) is 0 Å². The lowest BCUT2D eigenvalue weighted by molar-refractivity contribution is 0.411. The van der Waals surface area contributed by atoms with Crippen molar-refractivity contribution in [3.63, 3.8) is 0 Å². The van der Waals surface area contributed by atoms with E-state index in [1.54, 1.807) is 0 Å². The van der Waals surface area contributed by atoms with Gasteiger partial charge < -0.3 is 10.3 Å². The smallest absolute Gasteiger partial charge is 0.107 e. The maximum Gasteiger partial charge on any atom is 0.107 e. The Morgan fingerprint density at radius 2 is 2.27 bits per heavy atom. The summed E-state index contributed by atoms with van der Waals surface area (Å²) in [6.07, 6.45) is 7.11. The Labute approximate surface area is 92.7 Å². The fourth-order valence-electron chi connectivity index (χ4n) is 1.80. The van der Waals surface area contributed by atoms with Crippen molar-refractivity contribution < 1.29 is 0 Å². The first-order chi connectivity index (χ1) is 7.22. The summed E-state index contributed by atoms with van der Waals surface area (Å²) in [5, 5.41) is 3.58. The number of hydrogen-bond donors (Lipinski definition) is 2. The zero-order valence-corrected chi connectivity index (χ0v) is 10.1. The molecule has 1 unspecified atom stereocenters. The summed E-state index contributed by atoms with van der Waals surface area (Å²) in [5.41, 5.74) is 0. The van der Waals surface area contributed by atoms with E-state index in [4.69, 9.17) is 0 Å². The van der Waals surface area contributed by atoms with Crippen molar-refractivity contribution in [2.75, 3.05) is 6.54 Å². The molecule has 86 valence electrons. The van der Waals surface area contributed by atoms with Gasteiger partial charge in [-0.05, 0) is 25.3 Å². The molecule has 1 aromatic heterocycles. The second-order valence-electron chi connectivity index (χ2n) is 4.52. The van der Waals surface area contributed by atoms with Gasteiger partial charge in [-0.1, -0.05) is 20.8 Å². The summed E-state index contributed by atoms with van der Waals surface area (Å²) in [5.74, 6) is 1.82. The Kier molecular flexibility index (Phi) is 5.40. The van der Waals surface area contributed by atoms with E-state index in [-0.39, 0.29) is 0 Å². The molecule has 1 rings (SSSR count). The Hall–Kier alpha value is -0.830. The fraction of sp³-hybridized carbons (Fsp3) is 0.750. The van der Waals surface area contributed by atoms with Crippen LogP contribution in [-0.2, 0) is 6.42 Å².